The highest BCUT2D eigenvalue weighted by atomic mass is 35.5. The highest BCUT2D eigenvalue weighted by Gasteiger charge is 2.20. The van der Waals surface area contributed by atoms with Gasteiger partial charge in [-0.1, -0.05) is 13.8 Å². The molecule has 1 saturated heterocycles. The minimum atomic E-state index is -0.565. The predicted molar refractivity (Wildman–Crippen MR) is 111 cm³/mol. The van der Waals surface area contributed by atoms with Crippen molar-refractivity contribution < 1.29 is 9.59 Å². The molecule has 2 amide bonds. The molecule has 1 aliphatic heterocycles. The zero-order chi connectivity index (χ0) is 18.1. The Labute approximate surface area is 170 Å². The van der Waals surface area contributed by atoms with E-state index < -0.39 is 6.04 Å². The van der Waals surface area contributed by atoms with Crippen molar-refractivity contribution in [3.8, 4) is 0 Å². The van der Waals surface area contributed by atoms with Crippen molar-refractivity contribution in [1.29, 1.82) is 0 Å². The molecule has 1 atom stereocenters. The fourth-order valence-corrected chi connectivity index (χ4v) is 2.66. The van der Waals surface area contributed by atoms with Crippen LogP contribution in [0.5, 0.6) is 0 Å². The van der Waals surface area contributed by atoms with Gasteiger partial charge in [0.1, 0.15) is 0 Å². The van der Waals surface area contributed by atoms with Crippen molar-refractivity contribution in [2.75, 3.05) is 53.4 Å². The minimum Gasteiger partial charge on any atom is -0.354 e. The molecule has 0 aromatic rings. The van der Waals surface area contributed by atoms with Gasteiger partial charge in [0.2, 0.25) is 11.8 Å². The molecule has 7 nitrogen and oxygen atoms in total. The second kappa shape index (κ2) is 14.5. The van der Waals surface area contributed by atoms with Gasteiger partial charge < -0.3 is 26.2 Å². The van der Waals surface area contributed by atoms with Crippen LogP contribution < -0.4 is 16.4 Å². The Bertz CT molecular complexity index is 403. The van der Waals surface area contributed by atoms with Crippen LogP contribution in [0.1, 0.15) is 26.7 Å². The van der Waals surface area contributed by atoms with Crippen LogP contribution in [0.3, 0.4) is 0 Å². The summed E-state index contributed by atoms with van der Waals surface area (Å²) in [7, 11) is 4.18. The van der Waals surface area contributed by atoms with E-state index in [9.17, 15) is 9.59 Å². The van der Waals surface area contributed by atoms with E-state index in [4.69, 9.17) is 5.73 Å². The lowest BCUT2D eigenvalue weighted by molar-refractivity contribution is -0.127. The zero-order valence-corrected chi connectivity index (χ0v) is 18.1. The number of carbonyl (C=O) groups is 2. The van der Waals surface area contributed by atoms with Gasteiger partial charge in [0.15, 0.2) is 0 Å². The molecule has 0 aromatic carbocycles. The molecule has 0 aliphatic carbocycles. The van der Waals surface area contributed by atoms with Gasteiger partial charge in [-0.15, -0.1) is 24.8 Å². The third kappa shape index (κ3) is 11.2. The number of halogens is 2. The lowest BCUT2D eigenvalue weighted by Gasteiger charge is -2.32. The first-order chi connectivity index (χ1) is 11.3. The van der Waals surface area contributed by atoms with E-state index in [1.54, 1.807) is 0 Å². The largest absolute Gasteiger partial charge is 0.354 e. The molecule has 0 bridgehead atoms. The van der Waals surface area contributed by atoms with Crippen LogP contribution >= 0.6 is 24.8 Å². The summed E-state index contributed by atoms with van der Waals surface area (Å²) in [4.78, 5) is 28.2. The average Bonchev–Trinajstić information content (AvgIpc) is 2.55. The maximum Gasteiger partial charge on any atom is 0.239 e. The molecule has 1 fully saturated rings. The van der Waals surface area contributed by atoms with Crippen molar-refractivity contribution in [2.45, 2.75) is 32.7 Å². The molecule has 0 unspecified atom stereocenters. The van der Waals surface area contributed by atoms with E-state index in [0.717, 1.165) is 39.0 Å². The van der Waals surface area contributed by atoms with Gasteiger partial charge in [0, 0.05) is 19.6 Å². The summed E-state index contributed by atoms with van der Waals surface area (Å²) < 4.78 is 0. The van der Waals surface area contributed by atoms with Gasteiger partial charge in [0.25, 0.3) is 0 Å². The van der Waals surface area contributed by atoms with Gasteiger partial charge in [-0.25, -0.2) is 0 Å². The van der Waals surface area contributed by atoms with E-state index in [0.29, 0.717) is 12.5 Å². The van der Waals surface area contributed by atoms with E-state index >= 15 is 0 Å². The highest BCUT2D eigenvalue weighted by molar-refractivity contribution is 5.87. The van der Waals surface area contributed by atoms with Crippen LogP contribution in [0.15, 0.2) is 0 Å². The lowest BCUT2D eigenvalue weighted by atomic mass is 9.97. The van der Waals surface area contributed by atoms with Gasteiger partial charge >= 0.3 is 0 Å². The fourth-order valence-electron chi connectivity index (χ4n) is 2.66. The SMILES string of the molecule is CC(C)[C@H](N)C(=O)NCC(=O)NCC1CCN(CCN(C)C)CC1.Cl.Cl. The number of nitrogens with two attached hydrogens (primary N) is 1. The Balaban J connectivity index is 0. The first-order valence-electron chi connectivity index (χ1n) is 8.96. The molecule has 9 heteroatoms. The second-order valence-electron chi connectivity index (χ2n) is 7.38. The Morgan fingerprint density at radius 3 is 2.23 bits per heavy atom. The number of nitrogens with zero attached hydrogens (tertiary/aromatic N) is 2. The van der Waals surface area contributed by atoms with Crippen LogP contribution in [-0.4, -0.2) is 81.0 Å². The van der Waals surface area contributed by atoms with Gasteiger partial charge in [-0.3, -0.25) is 9.59 Å². The number of nitrogens with one attached hydrogen (secondary N) is 2. The Kier molecular flexibility index (Phi) is 15.4. The lowest BCUT2D eigenvalue weighted by Crippen LogP contribution is -2.48. The Morgan fingerprint density at radius 1 is 1.15 bits per heavy atom. The van der Waals surface area contributed by atoms with Crippen molar-refractivity contribution in [3.05, 3.63) is 0 Å². The average molecular weight is 414 g/mol. The maximum absolute atomic E-state index is 11.8. The topological polar surface area (TPSA) is 90.7 Å². The number of likely N-dealkylation sites (N-methyl/N-ethyl adjacent to an activating group) is 1. The highest BCUT2D eigenvalue weighted by Crippen LogP contribution is 2.15. The van der Waals surface area contributed by atoms with E-state index in [-0.39, 0.29) is 49.1 Å². The summed E-state index contributed by atoms with van der Waals surface area (Å²) in [5, 5.41) is 5.52. The molecule has 1 rings (SSSR count). The number of carbonyl (C=O) groups excluding carboxylic acids is 2. The molecule has 156 valence electrons. The quantitative estimate of drug-likeness (QED) is 0.506. The van der Waals surface area contributed by atoms with E-state index in [2.05, 4.69) is 34.5 Å². The molecule has 4 N–H and O–H groups in total. The number of amides is 2. The molecule has 1 heterocycles. The monoisotopic (exact) mass is 413 g/mol. The van der Waals surface area contributed by atoms with Gasteiger partial charge in [0.05, 0.1) is 12.6 Å². The number of piperidine rings is 1. The fraction of sp³-hybridized carbons (Fsp3) is 0.882. The molecule has 0 spiro atoms. The predicted octanol–water partition coefficient (Wildman–Crippen LogP) is 0.319. The van der Waals surface area contributed by atoms with Gasteiger partial charge in [-0.05, 0) is 51.9 Å². The first kappa shape index (κ1) is 27.6. The molecule has 26 heavy (non-hydrogen) atoms. The van der Waals surface area contributed by atoms with Crippen molar-refractivity contribution in [3.63, 3.8) is 0 Å². The number of hydrogen-bond acceptors (Lipinski definition) is 5. The molecular weight excluding hydrogens is 377 g/mol. The van der Waals surface area contributed by atoms with Crippen molar-refractivity contribution >= 4 is 36.6 Å². The molecule has 0 saturated carbocycles. The van der Waals surface area contributed by atoms with Crippen LogP contribution in [-0.2, 0) is 9.59 Å². The summed E-state index contributed by atoms with van der Waals surface area (Å²) in [6.07, 6.45) is 2.22. The minimum absolute atomic E-state index is 0. The molecule has 1 aliphatic rings. The first-order valence-corrected chi connectivity index (χ1v) is 8.96. The third-order valence-electron chi connectivity index (χ3n) is 4.60. The summed E-state index contributed by atoms with van der Waals surface area (Å²) in [5.41, 5.74) is 5.74. The van der Waals surface area contributed by atoms with Crippen molar-refractivity contribution in [2.24, 2.45) is 17.6 Å². The second-order valence-corrected chi connectivity index (χ2v) is 7.38. The summed E-state index contributed by atoms with van der Waals surface area (Å²) in [6, 6.07) is -0.565. The molecule has 0 aromatic heterocycles. The van der Waals surface area contributed by atoms with Crippen LogP contribution in [0, 0.1) is 11.8 Å². The third-order valence-corrected chi connectivity index (χ3v) is 4.60. The standard InChI is InChI=1S/C17H35N5O2.2ClH/c1-13(2)16(18)17(24)20-12-15(23)19-11-14-5-7-22(8-6-14)10-9-21(3)4;;/h13-14,16H,5-12,18H2,1-4H3,(H,19,23)(H,20,24);2*1H/t16-;;/m0../s1. The van der Waals surface area contributed by atoms with Crippen LogP contribution in [0.25, 0.3) is 0 Å². The Morgan fingerprint density at radius 2 is 1.73 bits per heavy atom. The smallest absolute Gasteiger partial charge is 0.239 e. The molecular formula is C17H37Cl2N5O2. The number of rotatable bonds is 9. The van der Waals surface area contributed by atoms with Crippen LogP contribution in [0.4, 0.5) is 0 Å². The maximum atomic E-state index is 11.8. The summed E-state index contributed by atoms with van der Waals surface area (Å²) in [6.45, 7) is 8.83. The molecule has 0 radical (unpaired) electrons. The Hall–Kier alpha value is -0.600. The van der Waals surface area contributed by atoms with Gasteiger partial charge in [-0.2, -0.15) is 0 Å². The zero-order valence-electron chi connectivity index (χ0n) is 16.5. The van der Waals surface area contributed by atoms with E-state index in [1.165, 1.54) is 0 Å². The van der Waals surface area contributed by atoms with E-state index in [1.807, 2.05) is 13.8 Å². The number of likely N-dealkylation sites (tertiary alicyclic amines) is 1. The summed E-state index contributed by atoms with van der Waals surface area (Å²) in [5.74, 6) is 0.174. The summed E-state index contributed by atoms with van der Waals surface area (Å²) >= 11 is 0. The normalized spacial score (nSPS) is 16.6. The van der Waals surface area contributed by atoms with Crippen molar-refractivity contribution in [1.82, 2.24) is 20.4 Å². The van der Waals surface area contributed by atoms with Crippen LogP contribution in [0.2, 0.25) is 0 Å². The number of hydrogen-bond donors (Lipinski definition) is 3.